The van der Waals surface area contributed by atoms with Gasteiger partial charge in [0.25, 0.3) is 0 Å². The summed E-state index contributed by atoms with van der Waals surface area (Å²) in [6.07, 6.45) is 0. The molecular formula is C28H14O4. The number of phenols is 4. The molecule has 0 aliphatic rings. The van der Waals surface area contributed by atoms with Crippen LogP contribution < -0.4 is 0 Å². The fraction of sp³-hybridized carbons (Fsp3) is 0. The van der Waals surface area contributed by atoms with Crippen LogP contribution in [0.25, 0.3) is 75.4 Å². The fourth-order valence-electron chi connectivity index (χ4n) is 6.04. The van der Waals surface area contributed by atoms with Crippen molar-refractivity contribution in [3.63, 3.8) is 0 Å². The summed E-state index contributed by atoms with van der Waals surface area (Å²) in [5, 5.41) is 55.2. The van der Waals surface area contributed by atoms with Gasteiger partial charge in [0.15, 0.2) is 0 Å². The van der Waals surface area contributed by atoms with Crippen molar-refractivity contribution in [2.75, 3.05) is 0 Å². The maximum absolute atomic E-state index is 11.5. The summed E-state index contributed by atoms with van der Waals surface area (Å²) in [6, 6.07) is 19.3. The molecular weight excluding hydrogens is 400 g/mol. The van der Waals surface area contributed by atoms with Gasteiger partial charge in [-0.1, -0.05) is 36.4 Å². The summed E-state index contributed by atoms with van der Waals surface area (Å²) in [6.45, 7) is 0. The summed E-state index contributed by atoms with van der Waals surface area (Å²) in [4.78, 5) is 0. The first-order chi connectivity index (χ1) is 15.5. The van der Waals surface area contributed by atoms with Crippen LogP contribution >= 0.6 is 0 Å². The van der Waals surface area contributed by atoms with Gasteiger partial charge in [0.1, 0.15) is 23.0 Å². The monoisotopic (exact) mass is 414 g/mol. The lowest BCUT2D eigenvalue weighted by Crippen LogP contribution is -1.94. The zero-order chi connectivity index (χ0) is 21.5. The molecule has 0 aliphatic carbocycles. The Bertz CT molecular complexity index is 2070. The highest BCUT2D eigenvalue weighted by molar-refractivity contribution is 6.45. The zero-order valence-electron chi connectivity index (χ0n) is 16.6. The number of hydrogen-bond acceptors (Lipinski definition) is 4. The highest BCUT2D eigenvalue weighted by Crippen LogP contribution is 2.57. The summed E-state index contributed by atoms with van der Waals surface area (Å²) in [7, 11) is 0. The third-order valence-corrected chi connectivity index (χ3v) is 7.23. The second-order valence-electron chi connectivity index (χ2n) is 8.74. The van der Waals surface area contributed by atoms with Gasteiger partial charge >= 0.3 is 0 Å². The van der Waals surface area contributed by atoms with E-state index in [-0.39, 0.29) is 28.4 Å². The van der Waals surface area contributed by atoms with Crippen LogP contribution in [0.2, 0.25) is 0 Å². The lowest BCUT2D eigenvalue weighted by molar-refractivity contribution is 0.458. The molecule has 0 saturated carbocycles. The molecule has 4 nitrogen and oxygen atoms in total. The largest absolute Gasteiger partial charge is 0.507 e. The molecule has 0 heterocycles. The fourth-order valence-corrected chi connectivity index (χ4v) is 6.04. The average Bonchev–Trinajstić information content (AvgIpc) is 2.77. The highest BCUT2D eigenvalue weighted by Gasteiger charge is 2.27. The van der Waals surface area contributed by atoms with Crippen LogP contribution in [0, 0.1) is 0 Å². The Kier molecular flexibility index (Phi) is 2.49. The lowest BCUT2D eigenvalue weighted by Gasteiger charge is -2.22. The molecule has 0 aliphatic heterocycles. The van der Waals surface area contributed by atoms with E-state index < -0.39 is 0 Å². The Morgan fingerprint density at radius 3 is 1.66 bits per heavy atom. The number of hydrogen-bond donors (Lipinski definition) is 4. The van der Waals surface area contributed by atoms with Crippen LogP contribution in [0.3, 0.4) is 0 Å². The maximum Gasteiger partial charge on any atom is 0.138 e. The van der Waals surface area contributed by atoms with E-state index in [9.17, 15) is 20.4 Å². The smallest absolute Gasteiger partial charge is 0.138 e. The molecule has 0 spiro atoms. The Labute approximate surface area is 179 Å². The second kappa shape index (κ2) is 4.89. The van der Waals surface area contributed by atoms with Gasteiger partial charge in [-0.2, -0.15) is 0 Å². The van der Waals surface area contributed by atoms with Crippen molar-refractivity contribution < 1.29 is 20.4 Å². The van der Waals surface area contributed by atoms with Crippen LogP contribution in [0.4, 0.5) is 0 Å². The second-order valence-corrected chi connectivity index (χ2v) is 8.74. The number of phenolic OH excluding ortho intramolecular Hbond substituents is 4. The number of rotatable bonds is 0. The van der Waals surface area contributed by atoms with E-state index in [4.69, 9.17) is 0 Å². The third kappa shape index (κ3) is 1.56. The van der Waals surface area contributed by atoms with Crippen LogP contribution in [-0.2, 0) is 0 Å². The van der Waals surface area contributed by atoms with Gasteiger partial charge in [-0.15, -0.1) is 0 Å². The van der Waals surface area contributed by atoms with Gasteiger partial charge in [0, 0.05) is 16.2 Å². The normalized spacial score (nSPS) is 12.9. The molecule has 4 heteroatoms. The zero-order valence-corrected chi connectivity index (χ0v) is 16.6. The Balaban J connectivity index is 1.90. The van der Waals surface area contributed by atoms with Crippen molar-refractivity contribution >= 4 is 75.4 Å². The molecule has 4 N–H and O–H groups in total. The minimum atomic E-state index is -0.178. The van der Waals surface area contributed by atoms with Gasteiger partial charge in [0.2, 0.25) is 0 Å². The third-order valence-electron chi connectivity index (χ3n) is 7.23. The van der Waals surface area contributed by atoms with Crippen LogP contribution in [0.15, 0.2) is 60.7 Å². The van der Waals surface area contributed by atoms with Crippen LogP contribution in [0.5, 0.6) is 23.0 Å². The van der Waals surface area contributed by atoms with Crippen molar-refractivity contribution in [1.82, 2.24) is 0 Å². The van der Waals surface area contributed by atoms with Gasteiger partial charge in [0.05, 0.1) is 16.2 Å². The van der Waals surface area contributed by atoms with E-state index in [1.807, 2.05) is 36.4 Å². The van der Waals surface area contributed by atoms with Gasteiger partial charge in [-0.25, -0.2) is 0 Å². The molecule has 0 amide bonds. The molecule has 0 aromatic heterocycles. The maximum atomic E-state index is 11.5. The van der Waals surface area contributed by atoms with Crippen molar-refractivity contribution in [2.45, 2.75) is 0 Å². The quantitative estimate of drug-likeness (QED) is 0.161. The Morgan fingerprint density at radius 2 is 0.875 bits per heavy atom. The minimum Gasteiger partial charge on any atom is -0.507 e. The summed E-state index contributed by atoms with van der Waals surface area (Å²) in [5.41, 5.74) is 0. The van der Waals surface area contributed by atoms with Gasteiger partial charge in [-0.3, -0.25) is 0 Å². The summed E-state index contributed by atoms with van der Waals surface area (Å²) >= 11 is 0. The molecule has 8 aromatic carbocycles. The van der Waals surface area contributed by atoms with Crippen molar-refractivity contribution in [1.29, 1.82) is 0 Å². The average molecular weight is 414 g/mol. The molecule has 0 atom stereocenters. The van der Waals surface area contributed by atoms with E-state index >= 15 is 0 Å². The van der Waals surface area contributed by atoms with Crippen LogP contribution in [0.1, 0.15) is 0 Å². The van der Waals surface area contributed by atoms with Crippen molar-refractivity contribution in [3.05, 3.63) is 60.7 Å². The topological polar surface area (TPSA) is 80.9 Å². The van der Waals surface area contributed by atoms with E-state index in [0.717, 1.165) is 59.2 Å². The van der Waals surface area contributed by atoms with Crippen molar-refractivity contribution in [3.8, 4) is 23.0 Å². The highest BCUT2D eigenvalue weighted by atomic mass is 16.3. The van der Waals surface area contributed by atoms with E-state index in [0.29, 0.717) is 10.8 Å². The lowest BCUT2D eigenvalue weighted by atomic mass is 9.82. The molecule has 0 fully saturated rings. The molecule has 8 rings (SSSR count). The minimum absolute atomic E-state index is 0.0395. The Hall–Kier alpha value is -4.44. The molecule has 0 bridgehead atoms. The predicted octanol–water partition coefficient (Wildman–Crippen LogP) is 6.89. The first-order valence-electron chi connectivity index (χ1n) is 10.4. The van der Waals surface area contributed by atoms with E-state index in [1.54, 1.807) is 12.1 Å². The summed E-state index contributed by atoms with van der Waals surface area (Å²) in [5.74, 6) is -0.440. The SMILES string of the molecule is Oc1ccc2ccc3cc4cc5cccc6cc(O)c7c(O)c8c(O)c1c2c3c8c4c7c65. The molecule has 0 radical (unpaired) electrons. The van der Waals surface area contributed by atoms with Crippen LogP contribution in [-0.4, -0.2) is 20.4 Å². The van der Waals surface area contributed by atoms with E-state index in [2.05, 4.69) is 12.1 Å². The van der Waals surface area contributed by atoms with E-state index in [1.165, 1.54) is 0 Å². The first kappa shape index (κ1) is 16.3. The predicted molar refractivity (Wildman–Crippen MR) is 129 cm³/mol. The molecule has 0 unspecified atom stereocenters. The van der Waals surface area contributed by atoms with Crippen molar-refractivity contribution in [2.24, 2.45) is 0 Å². The molecule has 150 valence electrons. The molecule has 32 heavy (non-hydrogen) atoms. The number of benzene rings is 8. The van der Waals surface area contributed by atoms with Gasteiger partial charge in [-0.05, 0) is 67.4 Å². The molecule has 8 aromatic rings. The standard InChI is InChI=1S/C28H14O4/c29-16-7-6-11-4-5-14-9-15-8-12-2-1-3-13-10-17(30)23-24(18(12)13)21(15)25-20(14)19(11)22(16)27(31)26(25)28(23)32/h1-10,29-32H. The van der Waals surface area contributed by atoms with Gasteiger partial charge < -0.3 is 20.4 Å². The molecule has 0 saturated heterocycles. The number of aromatic hydroxyl groups is 4. The summed E-state index contributed by atoms with van der Waals surface area (Å²) < 4.78 is 0. The first-order valence-corrected chi connectivity index (χ1v) is 10.4. The Morgan fingerprint density at radius 1 is 0.344 bits per heavy atom.